The second-order valence-electron chi connectivity index (χ2n) is 10.4. The molecule has 0 unspecified atom stereocenters. The van der Waals surface area contributed by atoms with Crippen molar-refractivity contribution in [3.8, 4) is 0 Å². The molecule has 1 heterocycles. The second-order valence-corrected chi connectivity index (χ2v) is 10.4. The molecule has 7 atom stereocenters. The fourth-order valence-electron chi connectivity index (χ4n) is 7.02. The van der Waals surface area contributed by atoms with E-state index < -0.39 is 0 Å². The molecule has 27 heavy (non-hydrogen) atoms. The van der Waals surface area contributed by atoms with E-state index in [1.54, 1.807) is 0 Å². The van der Waals surface area contributed by atoms with Crippen LogP contribution in [0.1, 0.15) is 72.1 Å². The summed E-state index contributed by atoms with van der Waals surface area (Å²) in [5, 5.41) is 15.9. The third kappa shape index (κ3) is 3.20. The number of nitrogens with zero attached hydrogens (tertiary/aromatic N) is 2. The molecule has 1 N–H and O–H groups in total. The first kappa shape index (κ1) is 19.2. The maximum Gasteiger partial charge on any atom is 0.0610 e. The van der Waals surface area contributed by atoms with Crippen LogP contribution < -0.4 is 0 Å². The Morgan fingerprint density at radius 2 is 2.04 bits per heavy atom. The number of allylic oxidation sites excluding steroid dienone is 1. The fraction of sp³-hybridized carbons (Fsp3) is 0.792. The number of hydrogen-bond acceptors (Lipinski definition) is 2. The van der Waals surface area contributed by atoms with Crippen LogP contribution in [0.3, 0.4) is 0 Å². The summed E-state index contributed by atoms with van der Waals surface area (Å²) in [7, 11) is 0. The normalized spacial score (nSPS) is 45.0. The average Bonchev–Trinajstić information content (AvgIpc) is 3.25. The lowest BCUT2D eigenvalue weighted by molar-refractivity contribution is -0.113. The Hall–Kier alpha value is -1.09. The topological polar surface area (TPSA) is 38.0 Å². The minimum absolute atomic E-state index is 0.159. The third-order valence-corrected chi connectivity index (χ3v) is 9.09. The highest BCUT2D eigenvalue weighted by molar-refractivity contribution is 5.21. The number of aromatic nitrogens is 2. The number of hydrogen-bond donors (Lipinski definition) is 1. The summed E-state index contributed by atoms with van der Waals surface area (Å²) in [5.41, 5.74) is 1.82. The van der Waals surface area contributed by atoms with Crippen LogP contribution in [-0.4, -0.2) is 21.0 Å². The molecule has 1 aromatic rings. The van der Waals surface area contributed by atoms with Crippen LogP contribution in [-0.2, 0) is 6.54 Å². The summed E-state index contributed by atoms with van der Waals surface area (Å²) in [6.07, 6.45) is 13.5. The van der Waals surface area contributed by atoms with E-state index in [4.69, 9.17) is 0 Å². The fourth-order valence-corrected chi connectivity index (χ4v) is 7.02. The van der Waals surface area contributed by atoms with Crippen LogP contribution in [0, 0.1) is 34.5 Å². The van der Waals surface area contributed by atoms with Gasteiger partial charge in [0.1, 0.15) is 0 Å². The Kier molecular flexibility index (Phi) is 5.03. The molecule has 0 saturated heterocycles. The van der Waals surface area contributed by atoms with Gasteiger partial charge in [-0.3, -0.25) is 4.68 Å². The average molecular weight is 371 g/mol. The summed E-state index contributed by atoms with van der Waals surface area (Å²) in [6.45, 7) is 12.6. The Morgan fingerprint density at radius 3 is 2.78 bits per heavy atom. The number of aliphatic hydroxyl groups is 1. The first-order chi connectivity index (χ1) is 12.8. The Labute approximate surface area is 165 Å². The molecule has 150 valence electrons. The SMILES string of the molecule is C=C1CC[C@H]2[C@H](O)[C@@H]([C@@]3(C)CC[C@H](C)C[C@@H]3CCn3cccn3)CC[C@]12C. The first-order valence-electron chi connectivity index (χ1n) is 11.2. The molecule has 0 spiro atoms. The zero-order valence-corrected chi connectivity index (χ0v) is 17.5. The summed E-state index contributed by atoms with van der Waals surface area (Å²) < 4.78 is 2.08. The summed E-state index contributed by atoms with van der Waals surface area (Å²) in [6, 6.07) is 2.02. The van der Waals surface area contributed by atoms with E-state index in [-0.39, 0.29) is 16.9 Å². The maximum absolute atomic E-state index is 11.5. The Balaban J connectivity index is 1.54. The monoisotopic (exact) mass is 370 g/mol. The largest absolute Gasteiger partial charge is 0.392 e. The first-order valence-corrected chi connectivity index (χ1v) is 11.2. The number of fused-ring (bicyclic) bond motifs is 1. The maximum atomic E-state index is 11.5. The van der Waals surface area contributed by atoms with Crippen LogP contribution in [0.25, 0.3) is 0 Å². The van der Waals surface area contributed by atoms with Gasteiger partial charge >= 0.3 is 0 Å². The molecule has 0 amide bonds. The van der Waals surface area contributed by atoms with E-state index in [0.29, 0.717) is 17.8 Å². The van der Waals surface area contributed by atoms with Crippen LogP contribution in [0.5, 0.6) is 0 Å². The zero-order valence-electron chi connectivity index (χ0n) is 17.5. The molecule has 1 aromatic heterocycles. The number of aryl methyl sites for hydroxylation is 1. The molecule has 0 bridgehead atoms. The smallest absolute Gasteiger partial charge is 0.0610 e. The van der Waals surface area contributed by atoms with E-state index >= 15 is 0 Å². The van der Waals surface area contributed by atoms with Gasteiger partial charge < -0.3 is 5.11 Å². The van der Waals surface area contributed by atoms with Gasteiger partial charge in [0.2, 0.25) is 0 Å². The molecule has 0 aromatic carbocycles. The molecule has 0 radical (unpaired) electrons. The van der Waals surface area contributed by atoms with E-state index in [2.05, 4.69) is 43.3 Å². The van der Waals surface area contributed by atoms with Gasteiger partial charge in [-0.15, -0.1) is 0 Å². The molecular weight excluding hydrogens is 332 g/mol. The van der Waals surface area contributed by atoms with Crippen LogP contribution in [0.15, 0.2) is 30.6 Å². The molecule has 0 aliphatic heterocycles. The highest BCUT2D eigenvalue weighted by Gasteiger charge is 2.56. The minimum atomic E-state index is -0.159. The Bertz CT molecular complexity index is 668. The zero-order chi connectivity index (χ0) is 19.2. The quantitative estimate of drug-likeness (QED) is 0.715. The van der Waals surface area contributed by atoms with Crippen molar-refractivity contribution in [2.75, 3.05) is 0 Å². The summed E-state index contributed by atoms with van der Waals surface area (Å²) in [5.74, 6) is 2.35. The van der Waals surface area contributed by atoms with Crippen LogP contribution >= 0.6 is 0 Å². The lowest BCUT2D eigenvalue weighted by Gasteiger charge is -2.55. The predicted octanol–water partition coefficient (Wildman–Crippen LogP) is 5.46. The van der Waals surface area contributed by atoms with E-state index in [9.17, 15) is 5.11 Å². The van der Waals surface area contributed by atoms with Crippen molar-refractivity contribution < 1.29 is 5.11 Å². The van der Waals surface area contributed by atoms with Crippen molar-refractivity contribution in [1.82, 2.24) is 9.78 Å². The van der Waals surface area contributed by atoms with Crippen LogP contribution in [0.2, 0.25) is 0 Å². The lowest BCUT2D eigenvalue weighted by atomic mass is 9.51. The van der Waals surface area contributed by atoms with Crippen molar-refractivity contribution in [1.29, 1.82) is 0 Å². The minimum Gasteiger partial charge on any atom is -0.392 e. The van der Waals surface area contributed by atoms with Crippen molar-refractivity contribution in [3.05, 3.63) is 30.6 Å². The van der Waals surface area contributed by atoms with Gasteiger partial charge in [0.25, 0.3) is 0 Å². The molecule has 3 aliphatic carbocycles. The van der Waals surface area contributed by atoms with Gasteiger partial charge in [-0.2, -0.15) is 5.10 Å². The molecule has 3 aliphatic rings. The van der Waals surface area contributed by atoms with Gasteiger partial charge in [0.05, 0.1) is 6.10 Å². The van der Waals surface area contributed by atoms with Crippen molar-refractivity contribution >= 4 is 0 Å². The molecule has 3 nitrogen and oxygen atoms in total. The Morgan fingerprint density at radius 1 is 1.22 bits per heavy atom. The number of rotatable bonds is 4. The lowest BCUT2D eigenvalue weighted by Crippen LogP contribution is -2.52. The standard InChI is InChI=1S/C24H38N2O/c1-17-8-11-24(4,19(16-17)10-15-26-14-5-13-25-26)21-9-12-23(3)18(2)6-7-20(23)22(21)27/h5,13-14,17,19-22,27H,2,6-12,15-16H2,1,3-4H3/t17-,19-,20-,21-,22-,23+,24-/m0/s1. The predicted molar refractivity (Wildman–Crippen MR) is 110 cm³/mol. The molecule has 3 fully saturated rings. The molecule has 3 heteroatoms. The second kappa shape index (κ2) is 7.06. The van der Waals surface area contributed by atoms with E-state index in [0.717, 1.165) is 31.7 Å². The van der Waals surface area contributed by atoms with Gasteiger partial charge in [-0.1, -0.05) is 39.3 Å². The van der Waals surface area contributed by atoms with E-state index in [1.165, 1.54) is 37.7 Å². The van der Waals surface area contributed by atoms with Crippen molar-refractivity contribution in [2.45, 2.75) is 84.8 Å². The molecule has 4 rings (SSSR count). The number of aliphatic hydroxyl groups excluding tert-OH is 1. The van der Waals surface area contributed by atoms with Crippen LogP contribution in [0.4, 0.5) is 0 Å². The van der Waals surface area contributed by atoms with Gasteiger partial charge in [-0.05, 0) is 85.5 Å². The highest BCUT2D eigenvalue weighted by Crippen LogP contribution is 2.61. The van der Waals surface area contributed by atoms with Crippen molar-refractivity contribution in [3.63, 3.8) is 0 Å². The van der Waals surface area contributed by atoms with Gasteiger partial charge in [-0.25, -0.2) is 0 Å². The molecular formula is C24H38N2O. The highest BCUT2D eigenvalue weighted by atomic mass is 16.3. The van der Waals surface area contributed by atoms with Crippen molar-refractivity contribution in [2.24, 2.45) is 34.5 Å². The van der Waals surface area contributed by atoms with Gasteiger partial charge in [0.15, 0.2) is 0 Å². The molecule has 3 saturated carbocycles. The van der Waals surface area contributed by atoms with E-state index in [1.807, 2.05) is 12.3 Å². The van der Waals surface area contributed by atoms with Gasteiger partial charge in [0, 0.05) is 18.9 Å². The third-order valence-electron chi connectivity index (χ3n) is 9.09. The summed E-state index contributed by atoms with van der Waals surface area (Å²) in [4.78, 5) is 0. The summed E-state index contributed by atoms with van der Waals surface area (Å²) >= 11 is 0.